The Morgan fingerprint density at radius 1 is 0.969 bits per heavy atom. The molecule has 0 spiro atoms. The smallest absolute Gasteiger partial charge is 0.217 e. The molecule has 0 aliphatic rings. The summed E-state index contributed by atoms with van der Waals surface area (Å²) < 4.78 is 1.95. The van der Waals surface area contributed by atoms with E-state index >= 15 is 0 Å². The zero-order chi connectivity index (χ0) is 21.9. The molecule has 0 saturated carbocycles. The minimum Gasteiger partial charge on any atom is -0.352 e. The summed E-state index contributed by atoms with van der Waals surface area (Å²) in [6.07, 6.45) is 7.82. The number of H-pyrrole nitrogens is 1. The molecule has 0 aliphatic heterocycles. The van der Waals surface area contributed by atoms with Gasteiger partial charge in [0.05, 0.1) is 12.7 Å². The monoisotopic (exact) mass is 421 g/mol. The summed E-state index contributed by atoms with van der Waals surface area (Å²) in [6.45, 7) is 2.76. The van der Waals surface area contributed by atoms with Crippen LogP contribution in [0, 0.1) is 0 Å². The topological polar surface area (TPSA) is 75.6 Å². The molecule has 32 heavy (non-hydrogen) atoms. The van der Waals surface area contributed by atoms with Gasteiger partial charge in [-0.2, -0.15) is 5.10 Å². The standard InChI is InChI=1S/C26H23N5O/c1-18(32)27-12-20-8-5-9-21(10-20)22-11-24-25(15-29-26(24)28-13-22)23-14-30-31(17-23)16-19-6-3-2-4-7-19/h2-11,13-15,17H,12,16H2,1H3,(H,27,32)(H,28,29). The van der Waals surface area contributed by atoms with E-state index in [1.165, 1.54) is 12.5 Å². The Bertz CT molecular complexity index is 1380. The van der Waals surface area contributed by atoms with E-state index in [0.717, 1.165) is 45.4 Å². The van der Waals surface area contributed by atoms with Crippen LogP contribution in [-0.4, -0.2) is 25.7 Å². The van der Waals surface area contributed by atoms with Crippen LogP contribution in [0.25, 0.3) is 33.3 Å². The number of amides is 1. The van der Waals surface area contributed by atoms with Gasteiger partial charge in [0.25, 0.3) is 0 Å². The van der Waals surface area contributed by atoms with Crippen LogP contribution < -0.4 is 5.32 Å². The number of carbonyl (C=O) groups is 1. The molecule has 5 rings (SSSR count). The Morgan fingerprint density at radius 2 is 1.81 bits per heavy atom. The molecule has 0 atom stereocenters. The quantitative estimate of drug-likeness (QED) is 0.414. The summed E-state index contributed by atoms with van der Waals surface area (Å²) in [5.74, 6) is -0.0386. The zero-order valence-electron chi connectivity index (χ0n) is 17.7. The van der Waals surface area contributed by atoms with Crippen LogP contribution in [0.4, 0.5) is 0 Å². The Kier molecular flexibility index (Phi) is 5.25. The van der Waals surface area contributed by atoms with E-state index < -0.39 is 0 Å². The van der Waals surface area contributed by atoms with Gasteiger partial charge in [0.15, 0.2) is 0 Å². The van der Waals surface area contributed by atoms with Crippen LogP contribution in [0.3, 0.4) is 0 Å². The Balaban J connectivity index is 1.45. The number of aromatic amines is 1. The third kappa shape index (κ3) is 4.16. The molecule has 3 aromatic heterocycles. The molecule has 158 valence electrons. The van der Waals surface area contributed by atoms with Gasteiger partial charge in [0.1, 0.15) is 5.65 Å². The predicted molar refractivity (Wildman–Crippen MR) is 126 cm³/mol. The number of rotatable bonds is 6. The lowest BCUT2D eigenvalue weighted by molar-refractivity contribution is -0.119. The second-order valence-corrected chi connectivity index (χ2v) is 7.84. The molecule has 0 fully saturated rings. The van der Waals surface area contributed by atoms with Gasteiger partial charge in [-0.15, -0.1) is 0 Å². The van der Waals surface area contributed by atoms with Gasteiger partial charge in [-0.3, -0.25) is 9.48 Å². The SMILES string of the molecule is CC(=O)NCc1cccc(-c2cnc3[nH]cc(-c4cnn(Cc5ccccc5)c4)c3c2)c1. The number of hydrogen-bond donors (Lipinski definition) is 2. The summed E-state index contributed by atoms with van der Waals surface area (Å²) >= 11 is 0. The van der Waals surface area contributed by atoms with E-state index in [9.17, 15) is 4.79 Å². The summed E-state index contributed by atoms with van der Waals surface area (Å²) in [5, 5.41) is 8.45. The van der Waals surface area contributed by atoms with Crippen molar-refractivity contribution in [2.75, 3.05) is 0 Å². The summed E-state index contributed by atoms with van der Waals surface area (Å²) in [6, 6.07) is 20.6. The predicted octanol–water partition coefficient (Wildman–Crippen LogP) is 4.78. The van der Waals surface area contributed by atoms with Gasteiger partial charge in [-0.25, -0.2) is 4.98 Å². The molecule has 0 bridgehead atoms. The van der Waals surface area contributed by atoms with Gasteiger partial charge in [-0.05, 0) is 28.8 Å². The molecule has 5 aromatic rings. The molecule has 6 nitrogen and oxygen atoms in total. The first-order valence-electron chi connectivity index (χ1n) is 10.5. The normalized spacial score (nSPS) is 11.0. The first-order valence-corrected chi connectivity index (χ1v) is 10.5. The van der Waals surface area contributed by atoms with E-state index in [-0.39, 0.29) is 5.91 Å². The third-order valence-corrected chi connectivity index (χ3v) is 5.46. The first-order chi connectivity index (χ1) is 15.7. The summed E-state index contributed by atoms with van der Waals surface area (Å²) in [5.41, 5.74) is 7.31. The van der Waals surface area contributed by atoms with E-state index in [4.69, 9.17) is 0 Å². The molecule has 1 amide bonds. The van der Waals surface area contributed by atoms with Crippen LogP contribution in [0.1, 0.15) is 18.1 Å². The Morgan fingerprint density at radius 3 is 2.66 bits per heavy atom. The largest absolute Gasteiger partial charge is 0.352 e. The van der Waals surface area contributed by atoms with Crippen LogP contribution >= 0.6 is 0 Å². The van der Waals surface area contributed by atoms with Gasteiger partial charge in [-0.1, -0.05) is 48.5 Å². The van der Waals surface area contributed by atoms with Crippen LogP contribution in [0.5, 0.6) is 0 Å². The first kappa shape index (κ1) is 19.8. The van der Waals surface area contributed by atoms with E-state index in [0.29, 0.717) is 6.54 Å². The molecule has 0 radical (unpaired) electrons. The van der Waals surface area contributed by atoms with Gasteiger partial charge >= 0.3 is 0 Å². The number of aromatic nitrogens is 4. The lowest BCUT2D eigenvalue weighted by Gasteiger charge is -2.07. The number of pyridine rings is 1. The van der Waals surface area contributed by atoms with Crippen LogP contribution in [0.15, 0.2) is 85.5 Å². The lowest BCUT2D eigenvalue weighted by Crippen LogP contribution is -2.18. The highest BCUT2D eigenvalue weighted by Crippen LogP contribution is 2.31. The highest BCUT2D eigenvalue weighted by atomic mass is 16.1. The Labute approximate surface area is 185 Å². The summed E-state index contributed by atoms with van der Waals surface area (Å²) in [7, 11) is 0. The van der Waals surface area contributed by atoms with Crippen molar-refractivity contribution in [3.8, 4) is 22.3 Å². The number of hydrogen-bond acceptors (Lipinski definition) is 3. The van der Waals surface area contributed by atoms with Gasteiger partial charge in [0.2, 0.25) is 5.91 Å². The van der Waals surface area contributed by atoms with Gasteiger partial charge in [0, 0.05) is 54.1 Å². The molecule has 2 N–H and O–H groups in total. The lowest BCUT2D eigenvalue weighted by atomic mass is 10.0. The maximum atomic E-state index is 11.2. The molecule has 3 heterocycles. The highest BCUT2D eigenvalue weighted by molar-refractivity contribution is 5.95. The van der Waals surface area contributed by atoms with Crippen molar-refractivity contribution >= 4 is 16.9 Å². The molecule has 6 heteroatoms. The maximum absolute atomic E-state index is 11.2. The van der Waals surface area contributed by atoms with Crippen LogP contribution in [0.2, 0.25) is 0 Å². The maximum Gasteiger partial charge on any atom is 0.217 e. The number of nitrogens with zero attached hydrogens (tertiary/aromatic N) is 3. The minimum atomic E-state index is -0.0386. The van der Waals surface area contributed by atoms with Crippen molar-refractivity contribution in [1.82, 2.24) is 25.1 Å². The van der Waals surface area contributed by atoms with E-state index in [1.54, 1.807) is 0 Å². The van der Waals surface area contributed by atoms with E-state index in [1.807, 2.05) is 53.6 Å². The Hall–Kier alpha value is -4.19. The zero-order valence-corrected chi connectivity index (χ0v) is 17.7. The fraction of sp³-hybridized carbons (Fsp3) is 0.115. The second kappa shape index (κ2) is 8.51. The number of nitrogens with one attached hydrogen (secondary N) is 2. The van der Waals surface area contributed by atoms with Crippen molar-refractivity contribution in [1.29, 1.82) is 0 Å². The number of fused-ring (bicyclic) bond motifs is 1. The molecular weight excluding hydrogens is 398 g/mol. The molecular formula is C26H23N5O. The average molecular weight is 422 g/mol. The van der Waals surface area contributed by atoms with E-state index in [2.05, 4.69) is 56.9 Å². The molecule has 0 aliphatic carbocycles. The van der Waals surface area contributed by atoms with Crippen molar-refractivity contribution in [2.45, 2.75) is 20.0 Å². The highest BCUT2D eigenvalue weighted by Gasteiger charge is 2.11. The van der Waals surface area contributed by atoms with Crippen molar-refractivity contribution < 1.29 is 4.79 Å². The minimum absolute atomic E-state index is 0.0386. The van der Waals surface area contributed by atoms with Crippen LogP contribution in [-0.2, 0) is 17.9 Å². The fourth-order valence-corrected chi connectivity index (χ4v) is 3.85. The molecule has 0 saturated heterocycles. The van der Waals surface area contributed by atoms with Crippen molar-refractivity contribution in [3.05, 3.63) is 96.6 Å². The molecule has 0 unspecified atom stereocenters. The number of carbonyl (C=O) groups excluding carboxylic acids is 1. The molecule has 2 aromatic carbocycles. The van der Waals surface area contributed by atoms with Crippen molar-refractivity contribution in [3.63, 3.8) is 0 Å². The van der Waals surface area contributed by atoms with Crippen molar-refractivity contribution in [2.24, 2.45) is 0 Å². The second-order valence-electron chi connectivity index (χ2n) is 7.84. The number of benzene rings is 2. The van der Waals surface area contributed by atoms with Gasteiger partial charge < -0.3 is 10.3 Å². The fourth-order valence-electron chi connectivity index (χ4n) is 3.85. The average Bonchev–Trinajstić information content (AvgIpc) is 3.45. The summed E-state index contributed by atoms with van der Waals surface area (Å²) in [4.78, 5) is 19.1. The third-order valence-electron chi connectivity index (χ3n) is 5.46.